The third-order valence-corrected chi connectivity index (χ3v) is 3.61. The highest BCUT2D eigenvalue weighted by atomic mass is 32.2. The van der Waals surface area contributed by atoms with E-state index in [0.717, 1.165) is 27.4 Å². The van der Waals surface area contributed by atoms with Crippen LogP contribution in [0.15, 0.2) is 29.6 Å². The minimum atomic E-state index is 0.656. The van der Waals surface area contributed by atoms with Gasteiger partial charge >= 0.3 is 0 Å². The van der Waals surface area contributed by atoms with Gasteiger partial charge < -0.3 is 5.73 Å². The van der Waals surface area contributed by atoms with Gasteiger partial charge in [0.25, 0.3) is 0 Å². The fourth-order valence-corrected chi connectivity index (χ4v) is 2.35. The quantitative estimate of drug-likeness (QED) is 0.503. The summed E-state index contributed by atoms with van der Waals surface area (Å²) in [4.78, 5) is 8.54. The van der Waals surface area contributed by atoms with Crippen molar-refractivity contribution in [1.82, 2.24) is 9.97 Å². The van der Waals surface area contributed by atoms with E-state index < -0.39 is 0 Å². The Morgan fingerprint density at radius 3 is 2.88 bits per heavy atom. The average Bonchev–Trinajstić information content (AvgIpc) is 2.25. The molecule has 0 aliphatic carbocycles. The Bertz CT molecular complexity index is 497. The second-order valence-electron chi connectivity index (χ2n) is 4.16. The lowest BCUT2D eigenvalue weighted by molar-refractivity contribution is 0.749. The van der Waals surface area contributed by atoms with E-state index in [1.165, 1.54) is 0 Å². The summed E-state index contributed by atoms with van der Waals surface area (Å²) in [6, 6.07) is 5.77. The average molecular weight is 233 g/mol. The molecular formula is C12H15N3S. The van der Waals surface area contributed by atoms with Crippen LogP contribution in [0.2, 0.25) is 0 Å². The molecular weight excluding hydrogens is 218 g/mol. The topological polar surface area (TPSA) is 51.8 Å². The molecule has 4 heteroatoms. The molecule has 0 aliphatic heterocycles. The van der Waals surface area contributed by atoms with Gasteiger partial charge in [0.2, 0.25) is 0 Å². The highest BCUT2D eigenvalue weighted by Crippen LogP contribution is 2.26. The number of rotatable bonds is 3. The molecule has 2 rings (SSSR count). The maximum absolute atomic E-state index is 5.73. The lowest BCUT2D eigenvalue weighted by Gasteiger charge is -2.06. The Kier molecular flexibility index (Phi) is 3.29. The van der Waals surface area contributed by atoms with Crippen LogP contribution in [-0.4, -0.2) is 15.7 Å². The molecule has 0 fully saturated rings. The van der Waals surface area contributed by atoms with E-state index in [4.69, 9.17) is 5.73 Å². The van der Waals surface area contributed by atoms with Gasteiger partial charge in [-0.25, -0.2) is 9.97 Å². The van der Waals surface area contributed by atoms with Crippen molar-refractivity contribution in [3.8, 4) is 0 Å². The zero-order valence-electron chi connectivity index (χ0n) is 9.47. The Hall–Kier alpha value is -1.29. The minimum absolute atomic E-state index is 0.656. The van der Waals surface area contributed by atoms with Gasteiger partial charge in [-0.15, -0.1) is 11.8 Å². The number of hydrogen-bond donors (Lipinski definition) is 1. The molecule has 3 nitrogen and oxygen atoms in total. The van der Waals surface area contributed by atoms with Crippen LogP contribution in [-0.2, 0) is 0 Å². The Morgan fingerprint density at radius 1 is 1.31 bits per heavy atom. The molecule has 16 heavy (non-hydrogen) atoms. The summed E-state index contributed by atoms with van der Waals surface area (Å²) in [6.07, 6.45) is 1.60. The Balaban J connectivity index is 2.38. The lowest BCUT2D eigenvalue weighted by Crippen LogP contribution is -1.94. The van der Waals surface area contributed by atoms with Gasteiger partial charge in [0, 0.05) is 16.8 Å². The lowest BCUT2D eigenvalue weighted by atomic mass is 10.2. The predicted molar refractivity (Wildman–Crippen MR) is 69.5 cm³/mol. The van der Waals surface area contributed by atoms with Crippen LogP contribution < -0.4 is 5.73 Å². The van der Waals surface area contributed by atoms with E-state index in [9.17, 15) is 0 Å². The summed E-state index contributed by atoms with van der Waals surface area (Å²) in [5, 5.41) is 2.13. The first-order chi connectivity index (χ1) is 7.66. The van der Waals surface area contributed by atoms with E-state index >= 15 is 0 Å². The monoisotopic (exact) mass is 233 g/mol. The standard InChI is InChI=1S/C12H15N3S/c1-8(2)6-16-12-10-4-3-9(13)5-11(10)14-7-15-12/h3-5,7-8H,6,13H2,1-2H3. The van der Waals surface area contributed by atoms with Crippen LogP contribution in [0, 0.1) is 5.92 Å². The van der Waals surface area contributed by atoms with Gasteiger partial charge in [0.15, 0.2) is 0 Å². The molecule has 0 bridgehead atoms. The summed E-state index contributed by atoms with van der Waals surface area (Å²) in [5.41, 5.74) is 7.39. The Labute approximate surface area is 99.5 Å². The van der Waals surface area contributed by atoms with Gasteiger partial charge in [0.05, 0.1) is 5.52 Å². The second kappa shape index (κ2) is 4.70. The summed E-state index contributed by atoms with van der Waals surface area (Å²) < 4.78 is 0. The SMILES string of the molecule is CC(C)CSc1ncnc2cc(N)ccc12. The molecule has 0 amide bonds. The van der Waals surface area contributed by atoms with Crippen LogP contribution in [0.25, 0.3) is 10.9 Å². The molecule has 0 saturated carbocycles. The number of thioether (sulfide) groups is 1. The highest BCUT2D eigenvalue weighted by Gasteiger charge is 2.05. The van der Waals surface area contributed by atoms with Crippen LogP contribution in [0.1, 0.15) is 13.8 Å². The first-order valence-corrected chi connectivity index (χ1v) is 6.28. The van der Waals surface area contributed by atoms with E-state index in [1.807, 2.05) is 18.2 Å². The highest BCUT2D eigenvalue weighted by molar-refractivity contribution is 7.99. The minimum Gasteiger partial charge on any atom is -0.399 e. The molecule has 1 heterocycles. The summed E-state index contributed by atoms with van der Waals surface area (Å²) >= 11 is 1.77. The smallest absolute Gasteiger partial charge is 0.117 e. The van der Waals surface area contributed by atoms with Crippen LogP contribution in [0.3, 0.4) is 0 Å². The molecule has 1 aromatic heterocycles. The Morgan fingerprint density at radius 2 is 2.12 bits per heavy atom. The van der Waals surface area contributed by atoms with Gasteiger partial charge in [-0.3, -0.25) is 0 Å². The van der Waals surface area contributed by atoms with Crippen molar-refractivity contribution in [2.75, 3.05) is 11.5 Å². The molecule has 84 valence electrons. The van der Waals surface area contributed by atoms with Crippen molar-refractivity contribution in [1.29, 1.82) is 0 Å². The molecule has 0 spiro atoms. The zero-order valence-corrected chi connectivity index (χ0v) is 10.3. The van der Waals surface area contributed by atoms with Gasteiger partial charge in [-0.1, -0.05) is 13.8 Å². The molecule has 0 atom stereocenters. The number of nitrogens with zero attached hydrogens (tertiary/aromatic N) is 2. The number of nitrogen functional groups attached to an aromatic ring is 1. The van der Waals surface area contributed by atoms with Crippen molar-refractivity contribution in [3.63, 3.8) is 0 Å². The maximum Gasteiger partial charge on any atom is 0.117 e. The van der Waals surface area contributed by atoms with Crippen molar-refractivity contribution in [2.24, 2.45) is 5.92 Å². The summed E-state index contributed by atoms with van der Waals surface area (Å²) in [7, 11) is 0. The first kappa shape index (κ1) is 11.2. The summed E-state index contributed by atoms with van der Waals surface area (Å²) in [5.74, 6) is 1.72. The van der Waals surface area contributed by atoms with E-state index in [0.29, 0.717) is 5.92 Å². The maximum atomic E-state index is 5.73. The zero-order chi connectivity index (χ0) is 11.5. The van der Waals surface area contributed by atoms with Crippen molar-refractivity contribution >= 4 is 28.4 Å². The number of hydrogen-bond acceptors (Lipinski definition) is 4. The number of anilines is 1. The largest absolute Gasteiger partial charge is 0.399 e. The van der Waals surface area contributed by atoms with Crippen molar-refractivity contribution in [2.45, 2.75) is 18.9 Å². The van der Waals surface area contributed by atoms with E-state index in [2.05, 4.69) is 23.8 Å². The number of benzene rings is 1. The normalized spacial score (nSPS) is 11.2. The molecule has 0 radical (unpaired) electrons. The molecule has 2 N–H and O–H groups in total. The molecule has 0 unspecified atom stereocenters. The molecule has 0 aliphatic rings. The number of nitrogens with two attached hydrogens (primary N) is 1. The van der Waals surface area contributed by atoms with Gasteiger partial charge in [0.1, 0.15) is 11.4 Å². The number of fused-ring (bicyclic) bond motifs is 1. The third-order valence-electron chi connectivity index (χ3n) is 2.18. The van der Waals surface area contributed by atoms with Crippen molar-refractivity contribution in [3.05, 3.63) is 24.5 Å². The van der Waals surface area contributed by atoms with Gasteiger partial charge in [-0.2, -0.15) is 0 Å². The fourth-order valence-electron chi connectivity index (χ4n) is 1.41. The fraction of sp³-hybridized carbons (Fsp3) is 0.333. The van der Waals surface area contributed by atoms with Crippen LogP contribution in [0.5, 0.6) is 0 Å². The summed E-state index contributed by atoms with van der Waals surface area (Å²) in [6.45, 7) is 4.41. The van der Waals surface area contributed by atoms with E-state index in [-0.39, 0.29) is 0 Å². The first-order valence-electron chi connectivity index (χ1n) is 5.30. The number of aromatic nitrogens is 2. The molecule has 1 aromatic carbocycles. The van der Waals surface area contributed by atoms with Crippen LogP contribution in [0.4, 0.5) is 5.69 Å². The predicted octanol–water partition coefficient (Wildman–Crippen LogP) is 2.96. The van der Waals surface area contributed by atoms with Crippen molar-refractivity contribution < 1.29 is 0 Å². The van der Waals surface area contributed by atoms with Gasteiger partial charge in [-0.05, 0) is 24.1 Å². The molecule has 2 aromatic rings. The van der Waals surface area contributed by atoms with E-state index in [1.54, 1.807) is 18.1 Å². The molecule has 0 saturated heterocycles. The van der Waals surface area contributed by atoms with Crippen LogP contribution >= 0.6 is 11.8 Å². The third kappa shape index (κ3) is 2.44. The second-order valence-corrected chi connectivity index (χ2v) is 5.17.